The summed E-state index contributed by atoms with van der Waals surface area (Å²) < 4.78 is 0. The summed E-state index contributed by atoms with van der Waals surface area (Å²) in [5, 5.41) is 0. The van der Waals surface area contributed by atoms with Gasteiger partial charge in [0.25, 0.3) is 0 Å². The second-order valence-electron chi connectivity index (χ2n) is 11.5. The van der Waals surface area contributed by atoms with E-state index < -0.39 is 0 Å². The van der Waals surface area contributed by atoms with Crippen molar-refractivity contribution >= 4 is 5.78 Å². The molecule has 0 aromatic rings. The van der Waals surface area contributed by atoms with Crippen LogP contribution < -0.4 is 0 Å². The molecular formula is C27H44O. The molecule has 0 bridgehead atoms. The maximum absolute atomic E-state index is 12.9. The smallest absolute Gasteiger partial charge is 0.139 e. The van der Waals surface area contributed by atoms with Crippen LogP contribution in [0.1, 0.15) is 105 Å². The largest absolute Gasteiger partial charge is 0.299 e. The van der Waals surface area contributed by atoms with Crippen molar-refractivity contribution in [2.24, 2.45) is 46.3 Å². The number of carbonyl (C=O) groups excluding carboxylic acids is 1. The SMILES string of the molecule is C#CCC[C@@]1(C)C(=O)CCC2C3CCC([C@H](C)CCCC(C)C)[C@@]3(C)CCC21. The Morgan fingerprint density at radius 1 is 1.07 bits per heavy atom. The third kappa shape index (κ3) is 3.82. The monoisotopic (exact) mass is 384 g/mol. The van der Waals surface area contributed by atoms with Crippen LogP contribution in [0, 0.1) is 58.7 Å². The first-order valence-electron chi connectivity index (χ1n) is 12.2. The quantitative estimate of drug-likeness (QED) is 0.421. The van der Waals surface area contributed by atoms with Gasteiger partial charge in [-0.1, -0.05) is 53.9 Å². The summed E-state index contributed by atoms with van der Waals surface area (Å²) in [6.07, 6.45) is 18.7. The van der Waals surface area contributed by atoms with Gasteiger partial charge in [0.05, 0.1) is 0 Å². The van der Waals surface area contributed by atoms with Gasteiger partial charge in [-0.2, -0.15) is 0 Å². The second-order valence-corrected chi connectivity index (χ2v) is 11.5. The molecule has 0 aromatic carbocycles. The number of hydrogen-bond acceptors (Lipinski definition) is 1. The molecule has 0 spiro atoms. The summed E-state index contributed by atoms with van der Waals surface area (Å²) in [5.41, 5.74) is 0.351. The third-order valence-corrected chi connectivity index (χ3v) is 9.59. The fourth-order valence-electron chi connectivity index (χ4n) is 7.95. The van der Waals surface area contributed by atoms with Crippen LogP contribution in [-0.2, 0) is 4.79 Å². The van der Waals surface area contributed by atoms with Gasteiger partial charge >= 0.3 is 0 Å². The molecule has 3 saturated carbocycles. The number of fused-ring (bicyclic) bond motifs is 3. The maximum atomic E-state index is 12.9. The van der Waals surface area contributed by atoms with Crippen molar-refractivity contribution in [3.63, 3.8) is 0 Å². The summed E-state index contributed by atoms with van der Waals surface area (Å²) in [6.45, 7) is 12.1. The Hall–Kier alpha value is -0.770. The van der Waals surface area contributed by atoms with Crippen molar-refractivity contribution in [2.75, 3.05) is 0 Å². The number of rotatable bonds is 7. The zero-order valence-electron chi connectivity index (χ0n) is 19.2. The number of Topliss-reactive ketones (excluding diaryl/α,β-unsaturated/α-hetero) is 1. The predicted molar refractivity (Wildman–Crippen MR) is 119 cm³/mol. The minimum Gasteiger partial charge on any atom is -0.299 e. The van der Waals surface area contributed by atoms with Crippen LogP contribution in [0.2, 0.25) is 0 Å². The molecule has 158 valence electrons. The first kappa shape index (κ1) is 21.9. The molecular weight excluding hydrogens is 340 g/mol. The maximum Gasteiger partial charge on any atom is 0.139 e. The first-order valence-corrected chi connectivity index (χ1v) is 12.2. The highest BCUT2D eigenvalue weighted by molar-refractivity contribution is 5.85. The van der Waals surface area contributed by atoms with Crippen molar-refractivity contribution < 1.29 is 4.79 Å². The Balaban J connectivity index is 1.73. The molecule has 0 amide bonds. The number of carbonyl (C=O) groups is 1. The van der Waals surface area contributed by atoms with E-state index in [1.807, 2.05) is 0 Å². The molecule has 0 aromatic heterocycles. The summed E-state index contributed by atoms with van der Waals surface area (Å²) in [5.74, 6) is 8.05. The molecule has 7 atom stereocenters. The molecule has 0 radical (unpaired) electrons. The van der Waals surface area contributed by atoms with E-state index in [1.165, 1.54) is 44.9 Å². The Morgan fingerprint density at radius 3 is 2.50 bits per heavy atom. The highest BCUT2D eigenvalue weighted by Crippen LogP contribution is 2.65. The summed E-state index contributed by atoms with van der Waals surface area (Å²) in [7, 11) is 0. The molecule has 3 fully saturated rings. The van der Waals surface area contributed by atoms with Crippen LogP contribution in [0.15, 0.2) is 0 Å². The van der Waals surface area contributed by atoms with E-state index in [0.717, 1.165) is 55.3 Å². The Morgan fingerprint density at radius 2 is 1.82 bits per heavy atom. The first-order chi connectivity index (χ1) is 13.2. The molecule has 3 rings (SSSR count). The highest BCUT2D eigenvalue weighted by Gasteiger charge is 2.59. The van der Waals surface area contributed by atoms with E-state index in [1.54, 1.807) is 0 Å². The van der Waals surface area contributed by atoms with Crippen molar-refractivity contribution in [3.8, 4) is 12.3 Å². The van der Waals surface area contributed by atoms with Crippen LogP contribution in [0.5, 0.6) is 0 Å². The molecule has 1 heteroatoms. The van der Waals surface area contributed by atoms with E-state index >= 15 is 0 Å². The van der Waals surface area contributed by atoms with Gasteiger partial charge in [0.2, 0.25) is 0 Å². The Labute approximate surface area is 174 Å². The van der Waals surface area contributed by atoms with Gasteiger partial charge in [-0.15, -0.1) is 12.3 Å². The molecule has 3 aliphatic carbocycles. The lowest BCUT2D eigenvalue weighted by molar-refractivity contribution is -0.146. The van der Waals surface area contributed by atoms with E-state index in [0.29, 0.717) is 17.1 Å². The molecule has 0 N–H and O–H groups in total. The van der Waals surface area contributed by atoms with Gasteiger partial charge in [-0.3, -0.25) is 4.79 Å². The fourth-order valence-corrected chi connectivity index (χ4v) is 7.95. The molecule has 0 aliphatic heterocycles. The summed E-state index contributed by atoms with van der Waals surface area (Å²) in [6, 6.07) is 0. The number of hydrogen-bond donors (Lipinski definition) is 0. The van der Waals surface area contributed by atoms with E-state index in [9.17, 15) is 4.79 Å². The Kier molecular flexibility index (Phi) is 6.68. The van der Waals surface area contributed by atoms with Crippen molar-refractivity contribution in [2.45, 2.75) is 105 Å². The topological polar surface area (TPSA) is 17.1 Å². The molecule has 0 heterocycles. The highest BCUT2D eigenvalue weighted by atomic mass is 16.1. The summed E-state index contributed by atoms with van der Waals surface area (Å²) in [4.78, 5) is 12.9. The average molecular weight is 385 g/mol. The normalized spacial score (nSPS) is 41.4. The molecule has 3 aliphatic rings. The lowest BCUT2D eigenvalue weighted by atomic mass is 9.48. The number of terminal acetylenes is 1. The predicted octanol–water partition coefficient (Wildman–Crippen LogP) is 7.29. The average Bonchev–Trinajstić information content (AvgIpc) is 3.00. The summed E-state index contributed by atoms with van der Waals surface area (Å²) >= 11 is 0. The Bertz CT molecular complexity index is 598. The van der Waals surface area contributed by atoms with Crippen molar-refractivity contribution in [1.29, 1.82) is 0 Å². The van der Waals surface area contributed by atoms with Crippen molar-refractivity contribution in [3.05, 3.63) is 0 Å². The van der Waals surface area contributed by atoms with Crippen LogP contribution >= 0.6 is 0 Å². The lowest BCUT2D eigenvalue weighted by Gasteiger charge is -2.56. The zero-order valence-corrected chi connectivity index (χ0v) is 19.2. The van der Waals surface area contributed by atoms with E-state index in [4.69, 9.17) is 6.42 Å². The fraction of sp³-hybridized carbons (Fsp3) is 0.889. The van der Waals surface area contributed by atoms with E-state index in [2.05, 4.69) is 40.5 Å². The van der Waals surface area contributed by atoms with Gasteiger partial charge in [-0.25, -0.2) is 0 Å². The standard InChI is InChI=1S/C27H44O/c1-7-8-17-27(6)24-16-18-26(5)22(20(4)11-9-10-19(2)3)13-14-23(26)21(24)12-15-25(27)28/h1,19-24H,8-18H2,2-6H3/t20-,21?,22?,23?,24?,26-,27-/m1/s1. The zero-order chi connectivity index (χ0) is 20.5. The molecule has 0 saturated heterocycles. The van der Waals surface area contributed by atoms with Crippen molar-refractivity contribution in [1.82, 2.24) is 0 Å². The second kappa shape index (κ2) is 8.53. The lowest BCUT2D eigenvalue weighted by Crippen LogP contribution is -2.52. The van der Waals surface area contributed by atoms with E-state index in [-0.39, 0.29) is 5.41 Å². The van der Waals surface area contributed by atoms with Crippen LogP contribution in [0.4, 0.5) is 0 Å². The van der Waals surface area contributed by atoms with Crippen LogP contribution in [0.25, 0.3) is 0 Å². The minimum atomic E-state index is -0.155. The third-order valence-electron chi connectivity index (χ3n) is 9.59. The number of ketones is 1. The van der Waals surface area contributed by atoms with Gasteiger partial charge in [0.15, 0.2) is 0 Å². The molecule has 4 unspecified atom stereocenters. The van der Waals surface area contributed by atoms with Gasteiger partial charge in [0, 0.05) is 18.3 Å². The van der Waals surface area contributed by atoms with Crippen LogP contribution in [-0.4, -0.2) is 5.78 Å². The molecule has 28 heavy (non-hydrogen) atoms. The van der Waals surface area contributed by atoms with Gasteiger partial charge in [0.1, 0.15) is 5.78 Å². The van der Waals surface area contributed by atoms with Gasteiger partial charge in [-0.05, 0) is 79.4 Å². The van der Waals surface area contributed by atoms with Gasteiger partial charge < -0.3 is 0 Å². The van der Waals surface area contributed by atoms with Crippen LogP contribution in [0.3, 0.4) is 0 Å². The minimum absolute atomic E-state index is 0.155. The molecule has 1 nitrogen and oxygen atoms in total.